The van der Waals surface area contributed by atoms with Crippen molar-refractivity contribution in [3.8, 4) is 0 Å². The molecule has 92 valence electrons. The maximum Gasteiger partial charge on any atom is 0.335 e. The van der Waals surface area contributed by atoms with Crippen molar-refractivity contribution in [1.29, 1.82) is 0 Å². The van der Waals surface area contributed by atoms with Crippen molar-refractivity contribution in [1.82, 2.24) is 4.90 Å². The highest BCUT2D eigenvalue weighted by Gasteiger charge is 2.38. The minimum Gasteiger partial charge on any atom is -0.479 e. The number of hydrogen-bond donors (Lipinski definition) is 2. The van der Waals surface area contributed by atoms with Gasteiger partial charge in [-0.3, -0.25) is 0 Å². The molecule has 2 rings (SSSR count). The fourth-order valence-corrected chi connectivity index (χ4v) is 2.99. The average Bonchev–Trinajstić information content (AvgIpc) is 2.69. The van der Waals surface area contributed by atoms with Crippen molar-refractivity contribution in [2.24, 2.45) is 0 Å². The number of carboxylic acid groups (broad SMARTS) is 1. The van der Waals surface area contributed by atoms with Crippen molar-refractivity contribution in [3.63, 3.8) is 0 Å². The SMILES string of the molecule is O=C(O)C1(O)CCCN(C2CCCC2)CC1. The summed E-state index contributed by atoms with van der Waals surface area (Å²) in [6, 6.07) is 0.635. The lowest BCUT2D eigenvalue weighted by Gasteiger charge is -2.27. The molecule has 16 heavy (non-hydrogen) atoms. The van der Waals surface area contributed by atoms with E-state index in [0.717, 1.165) is 19.5 Å². The normalized spacial score (nSPS) is 33.8. The molecule has 1 atom stereocenters. The third-order valence-corrected chi connectivity index (χ3v) is 4.09. The molecule has 2 N–H and O–H groups in total. The second kappa shape index (κ2) is 4.72. The molecule has 0 amide bonds. The summed E-state index contributed by atoms with van der Waals surface area (Å²) in [4.78, 5) is 13.4. The zero-order valence-corrected chi connectivity index (χ0v) is 9.69. The maximum absolute atomic E-state index is 11.0. The van der Waals surface area contributed by atoms with Crippen LogP contribution in [0.3, 0.4) is 0 Å². The number of nitrogens with zero attached hydrogens (tertiary/aromatic N) is 1. The molecule has 0 bridgehead atoms. The Hall–Kier alpha value is -0.610. The predicted octanol–water partition coefficient (Wildman–Crippen LogP) is 1.23. The summed E-state index contributed by atoms with van der Waals surface area (Å²) in [6.07, 6.45) is 6.63. The number of carbonyl (C=O) groups is 1. The van der Waals surface area contributed by atoms with Gasteiger partial charge >= 0.3 is 5.97 Å². The molecule has 0 spiro atoms. The van der Waals surface area contributed by atoms with Crippen LogP contribution in [0.1, 0.15) is 44.9 Å². The topological polar surface area (TPSA) is 60.8 Å². The molecule has 1 aliphatic heterocycles. The fourth-order valence-electron chi connectivity index (χ4n) is 2.99. The lowest BCUT2D eigenvalue weighted by atomic mass is 9.95. The van der Waals surface area contributed by atoms with E-state index in [1.807, 2.05) is 0 Å². The number of aliphatic hydroxyl groups is 1. The Balaban J connectivity index is 1.94. The van der Waals surface area contributed by atoms with E-state index in [0.29, 0.717) is 18.9 Å². The van der Waals surface area contributed by atoms with Gasteiger partial charge in [0.05, 0.1) is 0 Å². The summed E-state index contributed by atoms with van der Waals surface area (Å²) in [5.74, 6) is -1.05. The second-order valence-electron chi connectivity index (χ2n) is 5.16. The first-order chi connectivity index (χ1) is 7.62. The van der Waals surface area contributed by atoms with Crippen LogP contribution in [-0.2, 0) is 4.79 Å². The lowest BCUT2D eigenvalue weighted by Crippen LogP contribution is -2.40. The third kappa shape index (κ3) is 2.38. The Morgan fingerprint density at radius 1 is 1.12 bits per heavy atom. The first-order valence-electron chi connectivity index (χ1n) is 6.32. The van der Waals surface area contributed by atoms with Gasteiger partial charge in [0.15, 0.2) is 5.60 Å². The standard InChI is InChI=1S/C12H21NO3/c14-11(15)12(16)6-3-8-13(9-7-12)10-4-1-2-5-10/h10,16H,1-9H2,(H,14,15). The molecular weight excluding hydrogens is 206 g/mol. The average molecular weight is 227 g/mol. The van der Waals surface area contributed by atoms with Gasteiger partial charge in [-0.25, -0.2) is 4.79 Å². The van der Waals surface area contributed by atoms with Crippen molar-refractivity contribution >= 4 is 5.97 Å². The number of aliphatic carboxylic acids is 1. The van der Waals surface area contributed by atoms with Crippen molar-refractivity contribution in [3.05, 3.63) is 0 Å². The maximum atomic E-state index is 11.0. The summed E-state index contributed by atoms with van der Waals surface area (Å²) < 4.78 is 0. The Morgan fingerprint density at radius 2 is 1.81 bits per heavy atom. The summed E-state index contributed by atoms with van der Waals surface area (Å²) in [7, 11) is 0. The molecule has 2 fully saturated rings. The van der Waals surface area contributed by atoms with Gasteiger partial charge in [-0.15, -0.1) is 0 Å². The summed E-state index contributed by atoms with van der Waals surface area (Å²) in [6.45, 7) is 1.67. The van der Waals surface area contributed by atoms with Gasteiger partial charge in [-0.2, -0.15) is 0 Å². The molecular formula is C12H21NO3. The van der Waals surface area contributed by atoms with Crippen LogP contribution in [0.5, 0.6) is 0 Å². The van der Waals surface area contributed by atoms with Crippen molar-refractivity contribution < 1.29 is 15.0 Å². The molecule has 0 aromatic heterocycles. The van der Waals surface area contributed by atoms with Gasteiger partial charge in [-0.05, 0) is 38.6 Å². The van der Waals surface area contributed by atoms with Crippen LogP contribution in [-0.4, -0.2) is 45.8 Å². The van der Waals surface area contributed by atoms with E-state index in [2.05, 4.69) is 4.90 Å². The summed E-state index contributed by atoms with van der Waals surface area (Å²) in [5, 5.41) is 19.0. The van der Waals surface area contributed by atoms with Crippen molar-refractivity contribution in [2.75, 3.05) is 13.1 Å². The van der Waals surface area contributed by atoms with Crippen LogP contribution in [0.15, 0.2) is 0 Å². The van der Waals surface area contributed by atoms with Crippen LogP contribution in [0.4, 0.5) is 0 Å². The Bertz CT molecular complexity index is 263. The van der Waals surface area contributed by atoms with E-state index >= 15 is 0 Å². The first kappa shape index (κ1) is 11.9. The van der Waals surface area contributed by atoms with Gasteiger partial charge in [0.1, 0.15) is 0 Å². The predicted molar refractivity (Wildman–Crippen MR) is 60.3 cm³/mol. The molecule has 0 radical (unpaired) electrons. The van der Waals surface area contributed by atoms with E-state index in [9.17, 15) is 9.90 Å². The van der Waals surface area contributed by atoms with Crippen LogP contribution in [0.25, 0.3) is 0 Å². The second-order valence-corrected chi connectivity index (χ2v) is 5.16. The van der Waals surface area contributed by atoms with Crippen LogP contribution in [0, 0.1) is 0 Å². The van der Waals surface area contributed by atoms with E-state index in [1.165, 1.54) is 25.7 Å². The molecule has 1 aliphatic carbocycles. The Labute approximate surface area is 96.3 Å². The molecule has 2 aliphatic rings. The smallest absolute Gasteiger partial charge is 0.335 e. The molecule has 1 saturated carbocycles. The highest BCUT2D eigenvalue weighted by molar-refractivity contribution is 5.77. The van der Waals surface area contributed by atoms with E-state index in [-0.39, 0.29) is 0 Å². The van der Waals surface area contributed by atoms with Crippen LogP contribution in [0.2, 0.25) is 0 Å². The first-order valence-corrected chi connectivity index (χ1v) is 6.32. The molecule has 4 nitrogen and oxygen atoms in total. The Kier molecular flexibility index (Phi) is 3.50. The zero-order chi connectivity index (χ0) is 11.6. The van der Waals surface area contributed by atoms with Gasteiger partial charge in [0.25, 0.3) is 0 Å². The number of carboxylic acids is 1. The Morgan fingerprint density at radius 3 is 2.44 bits per heavy atom. The minimum absolute atomic E-state index is 0.374. The molecule has 1 saturated heterocycles. The van der Waals surface area contributed by atoms with Crippen LogP contribution < -0.4 is 0 Å². The van der Waals surface area contributed by atoms with Crippen LogP contribution >= 0.6 is 0 Å². The number of rotatable bonds is 2. The van der Waals surface area contributed by atoms with Gasteiger partial charge in [-0.1, -0.05) is 12.8 Å². The molecule has 4 heteroatoms. The van der Waals surface area contributed by atoms with Crippen molar-refractivity contribution in [2.45, 2.75) is 56.6 Å². The molecule has 1 unspecified atom stereocenters. The zero-order valence-electron chi connectivity index (χ0n) is 9.69. The van der Waals surface area contributed by atoms with Gasteiger partial charge < -0.3 is 15.1 Å². The van der Waals surface area contributed by atoms with E-state index < -0.39 is 11.6 Å². The highest BCUT2D eigenvalue weighted by Crippen LogP contribution is 2.29. The highest BCUT2D eigenvalue weighted by atomic mass is 16.4. The lowest BCUT2D eigenvalue weighted by molar-refractivity contribution is -0.159. The van der Waals surface area contributed by atoms with Gasteiger partial charge in [0, 0.05) is 12.6 Å². The largest absolute Gasteiger partial charge is 0.479 e. The quantitative estimate of drug-likeness (QED) is 0.745. The summed E-state index contributed by atoms with van der Waals surface area (Å²) in [5.41, 5.74) is -1.48. The number of likely N-dealkylation sites (tertiary alicyclic amines) is 1. The molecule has 0 aromatic rings. The number of hydrogen-bond acceptors (Lipinski definition) is 3. The van der Waals surface area contributed by atoms with Gasteiger partial charge in [0.2, 0.25) is 0 Å². The monoisotopic (exact) mass is 227 g/mol. The molecule has 1 heterocycles. The van der Waals surface area contributed by atoms with E-state index in [1.54, 1.807) is 0 Å². The third-order valence-electron chi connectivity index (χ3n) is 4.09. The minimum atomic E-state index is -1.48. The molecule has 0 aromatic carbocycles. The van der Waals surface area contributed by atoms with E-state index in [4.69, 9.17) is 5.11 Å². The fraction of sp³-hybridized carbons (Fsp3) is 0.917. The summed E-state index contributed by atoms with van der Waals surface area (Å²) >= 11 is 0.